The number of aromatic nitrogens is 3. The number of carbonyl (C=O) groups is 2. The largest absolute Gasteiger partial charge is 0.326 e. The van der Waals surface area contributed by atoms with Crippen molar-refractivity contribution in [3.05, 3.63) is 70.0 Å². The summed E-state index contributed by atoms with van der Waals surface area (Å²) in [7, 11) is 0. The van der Waals surface area contributed by atoms with Crippen LogP contribution in [-0.2, 0) is 23.4 Å². The number of benzene rings is 2. The molecular weight excluding hydrogens is 346 g/mol. The van der Waals surface area contributed by atoms with Crippen LogP contribution in [0.25, 0.3) is 10.9 Å². The summed E-state index contributed by atoms with van der Waals surface area (Å²) in [4.78, 5) is 39.4. The Balaban J connectivity index is 1.53. The Kier molecular flexibility index (Phi) is 3.18. The average Bonchev–Trinajstić information content (AvgIpc) is 3.17. The summed E-state index contributed by atoms with van der Waals surface area (Å²) in [5, 5.41) is 11.1. The molecule has 1 saturated heterocycles. The number of imide groups is 1. The number of nitrogens with one attached hydrogen (secondary N) is 1. The standard InChI is InChI=1S/C19H15N5O3/c25-16-13-6-2-4-8-15(13)21-22-24(16)11-23-17(26)19(20-18(23)27)10-9-12-5-1-3-7-14(12)19/h1-8H,9-11H2,(H,20,27)/t19-/m1/s1. The molecular formula is C19H15N5O3. The Morgan fingerprint density at radius 3 is 2.70 bits per heavy atom. The molecule has 2 aromatic carbocycles. The summed E-state index contributed by atoms with van der Waals surface area (Å²) in [5.41, 5.74) is 0.895. The van der Waals surface area contributed by atoms with Crippen LogP contribution in [-0.4, -0.2) is 31.8 Å². The van der Waals surface area contributed by atoms with Gasteiger partial charge in [0.25, 0.3) is 11.5 Å². The van der Waals surface area contributed by atoms with Crippen LogP contribution in [0, 0.1) is 0 Å². The molecule has 2 aliphatic rings. The summed E-state index contributed by atoms with van der Waals surface area (Å²) in [6, 6.07) is 13.9. The van der Waals surface area contributed by atoms with Crippen LogP contribution < -0.4 is 10.9 Å². The first-order valence-electron chi connectivity index (χ1n) is 8.65. The van der Waals surface area contributed by atoms with Gasteiger partial charge in [0.15, 0.2) is 0 Å². The molecule has 1 spiro atoms. The molecule has 1 aliphatic carbocycles. The highest BCUT2D eigenvalue weighted by molar-refractivity contribution is 6.07. The van der Waals surface area contributed by atoms with Crippen LogP contribution >= 0.6 is 0 Å². The highest BCUT2D eigenvalue weighted by Crippen LogP contribution is 2.41. The van der Waals surface area contributed by atoms with Gasteiger partial charge < -0.3 is 5.32 Å². The minimum atomic E-state index is -1.05. The maximum absolute atomic E-state index is 13.2. The van der Waals surface area contributed by atoms with E-state index in [4.69, 9.17) is 0 Å². The molecule has 1 atom stereocenters. The molecule has 2 heterocycles. The van der Waals surface area contributed by atoms with E-state index >= 15 is 0 Å². The predicted molar refractivity (Wildman–Crippen MR) is 95.6 cm³/mol. The molecule has 27 heavy (non-hydrogen) atoms. The van der Waals surface area contributed by atoms with Crippen molar-refractivity contribution in [2.75, 3.05) is 0 Å². The van der Waals surface area contributed by atoms with Crippen LogP contribution in [0.3, 0.4) is 0 Å². The lowest BCUT2D eigenvalue weighted by molar-refractivity contribution is -0.132. The lowest BCUT2D eigenvalue weighted by Gasteiger charge is -2.22. The molecule has 3 amide bonds. The van der Waals surface area contributed by atoms with Gasteiger partial charge in [-0.1, -0.05) is 41.6 Å². The molecule has 1 aromatic heterocycles. The maximum atomic E-state index is 13.2. The third-order valence-electron chi connectivity index (χ3n) is 5.33. The minimum Gasteiger partial charge on any atom is -0.319 e. The van der Waals surface area contributed by atoms with Gasteiger partial charge in [0.05, 0.1) is 5.39 Å². The van der Waals surface area contributed by atoms with Crippen molar-refractivity contribution in [3.63, 3.8) is 0 Å². The number of fused-ring (bicyclic) bond motifs is 3. The number of carbonyl (C=O) groups excluding carboxylic acids is 2. The summed E-state index contributed by atoms with van der Waals surface area (Å²) >= 11 is 0. The lowest BCUT2D eigenvalue weighted by atomic mass is 9.92. The smallest absolute Gasteiger partial charge is 0.319 e. The van der Waals surface area contributed by atoms with Gasteiger partial charge in [-0.3, -0.25) is 9.59 Å². The number of urea groups is 1. The molecule has 0 bridgehead atoms. The molecule has 8 heteroatoms. The number of aryl methyl sites for hydroxylation is 1. The number of hydrogen-bond donors (Lipinski definition) is 1. The van der Waals surface area contributed by atoms with E-state index in [9.17, 15) is 14.4 Å². The van der Waals surface area contributed by atoms with Crippen molar-refractivity contribution in [2.24, 2.45) is 0 Å². The lowest BCUT2D eigenvalue weighted by Crippen LogP contribution is -2.42. The molecule has 1 N–H and O–H groups in total. The van der Waals surface area contributed by atoms with Crippen LogP contribution in [0.1, 0.15) is 17.5 Å². The van der Waals surface area contributed by atoms with Crippen LogP contribution in [0.4, 0.5) is 4.79 Å². The van der Waals surface area contributed by atoms with Crippen molar-refractivity contribution >= 4 is 22.8 Å². The topological polar surface area (TPSA) is 97.2 Å². The maximum Gasteiger partial charge on any atom is 0.326 e. The fraction of sp³-hybridized carbons (Fsp3) is 0.211. The monoisotopic (exact) mass is 361 g/mol. The Morgan fingerprint density at radius 2 is 1.81 bits per heavy atom. The van der Waals surface area contributed by atoms with Gasteiger partial charge in [-0.25, -0.2) is 9.69 Å². The zero-order valence-corrected chi connectivity index (χ0v) is 14.3. The predicted octanol–water partition coefficient (Wildman–Crippen LogP) is 1.14. The van der Waals surface area contributed by atoms with Crippen molar-refractivity contribution in [3.8, 4) is 0 Å². The van der Waals surface area contributed by atoms with Crippen molar-refractivity contribution < 1.29 is 9.59 Å². The van der Waals surface area contributed by atoms with Gasteiger partial charge in [-0.05, 0) is 36.1 Å². The highest BCUT2D eigenvalue weighted by atomic mass is 16.2. The van der Waals surface area contributed by atoms with Crippen molar-refractivity contribution in [1.82, 2.24) is 25.2 Å². The summed E-state index contributed by atoms with van der Waals surface area (Å²) in [6.45, 7) is -0.273. The van der Waals surface area contributed by atoms with E-state index in [1.807, 2.05) is 24.3 Å². The molecule has 1 aliphatic heterocycles. The number of nitrogens with zero attached hydrogens (tertiary/aromatic N) is 4. The van der Waals surface area contributed by atoms with Crippen LogP contribution in [0.2, 0.25) is 0 Å². The van der Waals surface area contributed by atoms with E-state index < -0.39 is 17.1 Å². The molecule has 8 nitrogen and oxygen atoms in total. The van der Waals surface area contributed by atoms with E-state index in [0.717, 1.165) is 20.7 Å². The first-order chi connectivity index (χ1) is 13.1. The van der Waals surface area contributed by atoms with Gasteiger partial charge in [0.2, 0.25) is 0 Å². The van der Waals surface area contributed by atoms with E-state index in [-0.39, 0.29) is 12.6 Å². The van der Waals surface area contributed by atoms with Gasteiger partial charge in [0, 0.05) is 0 Å². The zero-order chi connectivity index (χ0) is 18.6. The number of rotatable bonds is 2. The molecule has 0 radical (unpaired) electrons. The molecule has 3 aromatic rings. The van der Waals surface area contributed by atoms with E-state index in [1.54, 1.807) is 24.3 Å². The molecule has 5 rings (SSSR count). The van der Waals surface area contributed by atoms with Crippen molar-refractivity contribution in [2.45, 2.75) is 25.0 Å². The average molecular weight is 361 g/mol. The van der Waals surface area contributed by atoms with Gasteiger partial charge in [0.1, 0.15) is 17.7 Å². The third kappa shape index (κ3) is 2.13. The second-order valence-electron chi connectivity index (χ2n) is 6.78. The molecule has 134 valence electrons. The van der Waals surface area contributed by atoms with Crippen molar-refractivity contribution in [1.29, 1.82) is 0 Å². The van der Waals surface area contributed by atoms with Gasteiger partial charge in [-0.15, -0.1) is 5.10 Å². The second-order valence-corrected chi connectivity index (χ2v) is 6.78. The molecule has 1 fully saturated rings. The summed E-state index contributed by atoms with van der Waals surface area (Å²) < 4.78 is 1.04. The summed E-state index contributed by atoms with van der Waals surface area (Å²) in [5.74, 6) is -0.362. The SMILES string of the molecule is O=C1N[C@@]2(CCc3ccccc32)C(=O)N1Cn1nnc2ccccc2c1=O. The highest BCUT2D eigenvalue weighted by Gasteiger charge is 2.55. The molecule has 0 saturated carbocycles. The van der Waals surface area contributed by atoms with Gasteiger partial charge >= 0.3 is 6.03 Å². The summed E-state index contributed by atoms with van der Waals surface area (Å²) in [6.07, 6.45) is 1.22. The normalized spacial score (nSPS) is 21.1. The fourth-order valence-electron chi connectivity index (χ4n) is 3.97. The van der Waals surface area contributed by atoms with E-state index in [2.05, 4.69) is 15.6 Å². The first-order valence-corrected chi connectivity index (χ1v) is 8.65. The number of amides is 3. The Labute approximate surface area is 153 Å². The Bertz CT molecular complexity index is 1170. The second kappa shape index (κ2) is 5.47. The zero-order valence-electron chi connectivity index (χ0n) is 14.3. The Hall–Kier alpha value is -3.55. The quantitative estimate of drug-likeness (QED) is 0.691. The van der Waals surface area contributed by atoms with Crippen LogP contribution in [0.5, 0.6) is 0 Å². The van der Waals surface area contributed by atoms with Crippen LogP contribution in [0.15, 0.2) is 53.3 Å². The minimum absolute atomic E-state index is 0.273. The Morgan fingerprint density at radius 1 is 1.04 bits per heavy atom. The fourth-order valence-corrected chi connectivity index (χ4v) is 3.97. The number of hydrogen-bond acceptors (Lipinski definition) is 5. The van der Waals surface area contributed by atoms with E-state index in [0.29, 0.717) is 23.7 Å². The van der Waals surface area contributed by atoms with E-state index in [1.165, 1.54) is 0 Å². The molecule has 0 unspecified atom stereocenters. The first kappa shape index (κ1) is 15.7. The van der Waals surface area contributed by atoms with Gasteiger partial charge in [-0.2, -0.15) is 4.68 Å². The third-order valence-corrected chi connectivity index (χ3v) is 5.33.